The highest BCUT2D eigenvalue weighted by Crippen LogP contribution is 2.62. The van der Waals surface area contributed by atoms with E-state index in [1.54, 1.807) is 22.7 Å². The second-order valence-electron chi connectivity index (χ2n) is 16.8. The molecule has 0 saturated heterocycles. The fourth-order valence-corrected chi connectivity index (χ4v) is 10.5. The van der Waals surface area contributed by atoms with Gasteiger partial charge in [0.05, 0.1) is 24.8 Å². The Kier molecular flexibility index (Phi) is 17.4. The maximum absolute atomic E-state index is 14.6. The summed E-state index contributed by atoms with van der Waals surface area (Å²) in [5.41, 5.74) is 4.62. The quantitative estimate of drug-likeness (QED) is 0.0307. The third kappa shape index (κ3) is 11.4. The van der Waals surface area contributed by atoms with E-state index in [1.165, 1.54) is 4.90 Å². The van der Waals surface area contributed by atoms with Crippen LogP contribution in [0.25, 0.3) is 0 Å². The number of aliphatic hydroxyl groups is 2. The molecule has 64 heavy (non-hydrogen) atoms. The first-order valence-electron chi connectivity index (χ1n) is 23.0. The molecule has 0 spiro atoms. The molecule has 2 aliphatic carbocycles. The van der Waals surface area contributed by atoms with Crippen LogP contribution >= 0.6 is 11.8 Å². The van der Waals surface area contributed by atoms with E-state index in [1.807, 2.05) is 91.0 Å². The Morgan fingerprint density at radius 3 is 2.28 bits per heavy atom. The van der Waals surface area contributed by atoms with Crippen molar-refractivity contribution in [3.8, 4) is 11.5 Å². The number of hydrogen-bond donors (Lipinski definition) is 2. The molecule has 6 atom stereocenters. The number of benzene rings is 4. The van der Waals surface area contributed by atoms with Crippen LogP contribution in [0.1, 0.15) is 80.9 Å². The first-order valence-corrected chi connectivity index (χ1v) is 24.0. The zero-order chi connectivity index (χ0) is 44.6. The summed E-state index contributed by atoms with van der Waals surface area (Å²) in [4.78, 5) is 23.8. The van der Waals surface area contributed by atoms with Crippen LogP contribution in [0.4, 0.5) is 4.79 Å². The zero-order valence-corrected chi connectivity index (χ0v) is 37.9. The second kappa shape index (κ2) is 23.7. The number of carbonyl (C=O) groups excluding carboxylic acids is 1. The Labute approximate surface area is 383 Å². The molecule has 1 amide bonds. The molecule has 10 nitrogen and oxygen atoms in total. The lowest BCUT2D eigenvalue weighted by atomic mass is 9.55. The number of rotatable bonds is 24. The van der Waals surface area contributed by atoms with Crippen molar-refractivity contribution in [3.05, 3.63) is 150 Å². The molecule has 4 aromatic rings. The first-order chi connectivity index (χ1) is 31.5. The minimum absolute atomic E-state index is 0.0899. The van der Waals surface area contributed by atoms with Gasteiger partial charge in [-0.15, -0.1) is 18.3 Å². The largest absolute Gasteiger partial charge is 0.493 e. The Hall–Kier alpha value is -5.07. The van der Waals surface area contributed by atoms with E-state index in [9.17, 15) is 15.0 Å². The van der Waals surface area contributed by atoms with E-state index in [-0.39, 0.29) is 57.2 Å². The number of thioether (sulfide) groups is 1. The topological polar surface area (TPSA) is 119 Å². The lowest BCUT2D eigenvalue weighted by Crippen LogP contribution is -2.70. The van der Waals surface area contributed by atoms with Crippen LogP contribution in [0.15, 0.2) is 144 Å². The van der Waals surface area contributed by atoms with Gasteiger partial charge in [0.25, 0.3) is 0 Å². The smallest absolute Gasteiger partial charge is 0.410 e. The highest BCUT2D eigenvalue weighted by molar-refractivity contribution is 7.99. The number of unbranched alkanes of at least 4 members (excludes halogenated alkanes) is 2. The normalized spacial score (nSPS) is 22.6. The van der Waals surface area contributed by atoms with E-state index in [4.69, 9.17) is 28.9 Å². The van der Waals surface area contributed by atoms with E-state index in [2.05, 4.69) is 37.8 Å². The summed E-state index contributed by atoms with van der Waals surface area (Å²) in [5.74, 6) is 0.430. The summed E-state index contributed by atoms with van der Waals surface area (Å²) < 4.78 is 27.1. The van der Waals surface area contributed by atoms with E-state index < -0.39 is 23.8 Å². The van der Waals surface area contributed by atoms with Gasteiger partial charge in [-0.05, 0) is 91.0 Å². The van der Waals surface area contributed by atoms with Crippen molar-refractivity contribution in [2.45, 2.75) is 94.1 Å². The average molecular weight is 889 g/mol. The number of amides is 1. The summed E-state index contributed by atoms with van der Waals surface area (Å²) in [6, 6.07) is 35.4. The van der Waals surface area contributed by atoms with Gasteiger partial charge in [-0.1, -0.05) is 116 Å². The molecule has 0 bridgehead atoms. The van der Waals surface area contributed by atoms with Crippen molar-refractivity contribution in [2.75, 3.05) is 38.7 Å². The molecule has 1 aliphatic heterocycles. The highest BCUT2D eigenvalue weighted by atomic mass is 32.2. The predicted octanol–water partition coefficient (Wildman–Crippen LogP) is 10.7. The predicted molar refractivity (Wildman–Crippen MR) is 252 cm³/mol. The Morgan fingerprint density at radius 2 is 1.59 bits per heavy atom. The van der Waals surface area contributed by atoms with Gasteiger partial charge >= 0.3 is 6.09 Å². The van der Waals surface area contributed by atoms with Crippen molar-refractivity contribution in [2.24, 2.45) is 22.9 Å². The van der Waals surface area contributed by atoms with E-state index in [0.29, 0.717) is 38.2 Å². The SMILES string of the molecule is C=CCOC12Oc3ccc(OCCSc4ccccc4)cc3C3C(CCCCO)C(CCCCO)C=C(C(=NOCc4ccccc4)CC1N(CCC)C(=O)OCc1ccccc1)C32. The molecule has 1 heterocycles. The summed E-state index contributed by atoms with van der Waals surface area (Å²) >= 11 is 1.76. The summed E-state index contributed by atoms with van der Waals surface area (Å²) in [6.07, 6.45) is 9.33. The van der Waals surface area contributed by atoms with Gasteiger partial charge in [-0.25, -0.2) is 4.79 Å². The lowest BCUT2D eigenvalue weighted by Gasteiger charge is -2.59. The number of nitrogens with zero attached hydrogens (tertiary/aromatic N) is 2. The molecule has 3 aliphatic rings. The number of fused-ring (bicyclic) bond motifs is 2. The van der Waals surface area contributed by atoms with Gasteiger partial charge in [0, 0.05) is 48.3 Å². The molecule has 1 fully saturated rings. The molecule has 4 aromatic carbocycles. The molecule has 11 heteroatoms. The van der Waals surface area contributed by atoms with Crippen molar-refractivity contribution < 1.29 is 38.8 Å². The fourth-order valence-electron chi connectivity index (χ4n) is 9.75. The third-order valence-corrected chi connectivity index (χ3v) is 13.5. The first kappa shape index (κ1) is 46.9. The van der Waals surface area contributed by atoms with Crippen molar-refractivity contribution in [3.63, 3.8) is 0 Å². The number of oxime groups is 1. The van der Waals surface area contributed by atoms with Crippen LogP contribution in [0.5, 0.6) is 11.5 Å². The lowest BCUT2D eigenvalue weighted by molar-refractivity contribution is -0.255. The molecule has 0 radical (unpaired) electrons. The molecule has 7 rings (SSSR count). The van der Waals surface area contributed by atoms with Crippen LogP contribution in [-0.2, 0) is 27.5 Å². The molecule has 0 aromatic heterocycles. The summed E-state index contributed by atoms with van der Waals surface area (Å²) in [7, 11) is 0. The average Bonchev–Trinajstić information content (AvgIpc) is 3.33. The standard InChI is InChI=1S/C53H64N2O8S/c1-3-28-55(52(58)60-37-39-18-8-5-9-19-39)49-36-47(54-62-38-40-20-10-6-11-21-40)45-34-41(22-14-16-29-56)44(25-15-17-30-57)50-46-35-42(59-32-33-64-43-23-12-7-13-24-43)26-27-48(46)63-53(49,51(45)50)61-31-4-2/h4-13,18-21,23-24,26-27,34-35,41,44,49-51,56-57H,2-3,14-17,22,25,28-33,36-38H2,1H3. The van der Waals surface area contributed by atoms with Crippen molar-refractivity contribution in [1.29, 1.82) is 0 Å². The van der Waals surface area contributed by atoms with E-state index >= 15 is 0 Å². The van der Waals surface area contributed by atoms with E-state index in [0.717, 1.165) is 65.2 Å². The number of hydrogen-bond acceptors (Lipinski definition) is 10. The van der Waals surface area contributed by atoms with Crippen LogP contribution in [0.2, 0.25) is 0 Å². The zero-order valence-electron chi connectivity index (χ0n) is 37.1. The number of ether oxygens (including phenoxy) is 4. The molecule has 1 saturated carbocycles. The van der Waals surface area contributed by atoms with Crippen molar-refractivity contribution >= 4 is 23.6 Å². The molecular weight excluding hydrogens is 825 g/mol. The van der Waals surface area contributed by atoms with Gasteiger partial charge in [0.2, 0.25) is 5.79 Å². The third-order valence-electron chi connectivity index (χ3n) is 12.5. The maximum atomic E-state index is 14.6. The summed E-state index contributed by atoms with van der Waals surface area (Å²) in [5, 5.41) is 24.9. The van der Waals surface area contributed by atoms with Crippen LogP contribution in [0.3, 0.4) is 0 Å². The van der Waals surface area contributed by atoms with Crippen molar-refractivity contribution in [1.82, 2.24) is 4.90 Å². The maximum Gasteiger partial charge on any atom is 0.410 e. The number of carbonyl (C=O) groups is 1. The Bertz CT molecular complexity index is 2140. The molecule has 340 valence electrons. The monoisotopic (exact) mass is 888 g/mol. The van der Waals surface area contributed by atoms with Crippen LogP contribution in [-0.4, -0.2) is 77.5 Å². The minimum atomic E-state index is -1.38. The van der Waals surface area contributed by atoms with Gasteiger partial charge in [0.1, 0.15) is 30.8 Å². The van der Waals surface area contributed by atoms with Crippen LogP contribution in [0, 0.1) is 17.8 Å². The van der Waals surface area contributed by atoms with Gasteiger partial charge < -0.3 is 34.0 Å². The van der Waals surface area contributed by atoms with Gasteiger partial charge in [-0.2, -0.15) is 0 Å². The van der Waals surface area contributed by atoms with Gasteiger partial charge in [0.15, 0.2) is 0 Å². The minimum Gasteiger partial charge on any atom is -0.493 e. The Balaban J connectivity index is 1.35. The van der Waals surface area contributed by atoms with Crippen LogP contribution < -0.4 is 9.47 Å². The Morgan fingerprint density at radius 1 is 0.906 bits per heavy atom. The number of allylic oxidation sites excluding steroid dienone is 1. The molecular formula is C53H64N2O8S. The molecule has 2 N–H and O–H groups in total. The number of aliphatic hydroxyl groups excluding tert-OH is 2. The second-order valence-corrected chi connectivity index (χ2v) is 17.9. The molecule has 6 unspecified atom stereocenters. The fraction of sp³-hybridized carbons (Fsp3) is 0.434. The summed E-state index contributed by atoms with van der Waals surface area (Å²) in [6.45, 7) is 7.82. The van der Waals surface area contributed by atoms with Gasteiger partial charge in [-0.3, -0.25) is 4.90 Å². The highest BCUT2D eigenvalue weighted by Gasteiger charge is 2.65.